The van der Waals surface area contributed by atoms with Crippen LogP contribution in [0.1, 0.15) is 5.69 Å². The summed E-state index contributed by atoms with van der Waals surface area (Å²) in [7, 11) is 0. The predicted molar refractivity (Wildman–Crippen MR) is 33.5 cm³/mol. The van der Waals surface area contributed by atoms with Gasteiger partial charge >= 0.3 is 0 Å². The number of imidazole rings is 1. The second-order valence-corrected chi connectivity index (χ2v) is 1.99. The number of rotatable bonds is 0. The van der Waals surface area contributed by atoms with Gasteiger partial charge in [0.1, 0.15) is 12.6 Å². The first-order chi connectivity index (χ1) is 4.86. The Morgan fingerprint density at radius 2 is 2.30 bits per heavy atom. The van der Waals surface area contributed by atoms with Gasteiger partial charge in [-0.2, -0.15) is 4.98 Å². The van der Waals surface area contributed by atoms with Crippen molar-refractivity contribution < 1.29 is 4.42 Å². The standard InChI is InChI=1S/C6H5N3O/c1-4-2-10-6-5(9-4)7-3-8-6/h2-3H,1H3. The summed E-state index contributed by atoms with van der Waals surface area (Å²) in [6, 6.07) is 0. The molecule has 10 heavy (non-hydrogen) atoms. The maximum Gasteiger partial charge on any atom is 0.266 e. The van der Waals surface area contributed by atoms with E-state index in [0.29, 0.717) is 11.7 Å². The van der Waals surface area contributed by atoms with Crippen LogP contribution in [-0.4, -0.2) is 15.0 Å². The highest BCUT2D eigenvalue weighted by atomic mass is 16.3. The molecular formula is C6H5N3O. The third-order valence-electron chi connectivity index (χ3n) is 1.17. The maximum atomic E-state index is 5.05. The molecule has 2 aliphatic rings. The molecule has 0 aromatic rings. The molecule has 0 atom stereocenters. The molecule has 0 spiro atoms. The minimum atomic E-state index is 0.491. The normalized spacial score (nSPS) is 10.5. The Morgan fingerprint density at radius 1 is 1.40 bits per heavy atom. The van der Waals surface area contributed by atoms with Gasteiger partial charge in [-0.1, -0.05) is 0 Å². The van der Waals surface area contributed by atoms with Crippen LogP contribution in [0.4, 0.5) is 0 Å². The van der Waals surface area contributed by atoms with E-state index in [1.807, 2.05) is 6.92 Å². The van der Waals surface area contributed by atoms with Gasteiger partial charge in [0.25, 0.3) is 5.89 Å². The van der Waals surface area contributed by atoms with E-state index in [1.165, 1.54) is 6.33 Å². The third kappa shape index (κ3) is 0.655. The Balaban J connectivity index is 2.75. The Morgan fingerprint density at radius 3 is 3.20 bits per heavy atom. The molecule has 50 valence electrons. The summed E-state index contributed by atoms with van der Waals surface area (Å²) in [6.45, 7) is 1.84. The van der Waals surface area contributed by atoms with E-state index in [0.717, 1.165) is 5.69 Å². The van der Waals surface area contributed by atoms with Gasteiger partial charge in [0.15, 0.2) is 0 Å². The van der Waals surface area contributed by atoms with Crippen LogP contribution in [0, 0.1) is 6.92 Å². The van der Waals surface area contributed by atoms with Crippen molar-refractivity contribution in [3.8, 4) is 11.7 Å². The number of hydrogen-bond donors (Lipinski definition) is 0. The van der Waals surface area contributed by atoms with Crippen molar-refractivity contribution in [2.45, 2.75) is 6.92 Å². The van der Waals surface area contributed by atoms with E-state index in [9.17, 15) is 0 Å². The highest BCUT2D eigenvalue weighted by molar-refractivity contribution is 5.40. The molecule has 0 amide bonds. The first kappa shape index (κ1) is 5.34. The molecule has 0 fully saturated rings. The van der Waals surface area contributed by atoms with Gasteiger partial charge in [0.05, 0.1) is 5.69 Å². The highest BCUT2D eigenvalue weighted by Gasteiger charge is 2.07. The zero-order valence-electron chi connectivity index (χ0n) is 5.40. The number of aromatic nitrogens is 3. The van der Waals surface area contributed by atoms with Crippen molar-refractivity contribution in [3.05, 3.63) is 18.3 Å². The molecule has 0 radical (unpaired) electrons. The van der Waals surface area contributed by atoms with Crippen molar-refractivity contribution >= 4 is 0 Å². The molecule has 4 heteroatoms. The third-order valence-corrected chi connectivity index (χ3v) is 1.17. The molecule has 0 saturated carbocycles. The number of aryl methyl sites for hydroxylation is 1. The predicted octanol–water partition coefficient (Wildman–Crippen LogP) is 0.878. The largest absolute Gasteiger partial charge is 0.442 e. The Kier molecular flexibility index (Phi) is 0.943. The summed E-state index contributed by atoms with van der Waals surface area (Å²) >= 11 is 0. The van der Waals surface area contributed by atoms with Gasteiger partial charge in [0, 0.05) is 0 Å². The van der Waals surface area contributed by atoms with Crippen molar-refractivity contribution in [3.63, 3.8) is 0 Å². The smallest absolute Gasteiger partial charge is 0.266 e. The summed E-state index contributed by atoms with van der Waals surface area (Å²) in [4.78, 5) is 11.8. The fraction of sp³-hybridized carbons (Fsp3) is 0.167. The minimum Gasteiger partial charge on any atom is -0.442 e. The lowest BCUT2D eigenvalue weighted by atomic mass is 10.5. The lowest BCUT2D eigenvalue weighted by Crippen LogP contribution is -1.86. The highest BCUT2D eigenvalue weighted by Crippen LogP contribution is 2.12. The monoisotopic (exact) mass is 135 g/mol. The second-order valence-electron chi connectivity index (χ2n) is 1.99. The average Bonchev–Trinajstić information content (AvgIpc) is 2.33. The number of hydrogen-bond acceptors (Lipinski definition) is 4. The summed E-state index contributed by atoms with van der Waals surface area (Å²) in [6.07, 6.45) is 2.98. The molecule has 2 heterocycles. The van der Waals surface area contributed by atoms with Crippen LogP contribution < -0.4 is 0 Å². The summed E-state index contributed by atoms with van der Waals surface area (Å²) in [5.74, 6) is 1.06. The maximum absolute atomic E-state index is 5.05. The lowest BCUT2D eigenvalue weighted by Gasteiger charge is -1.92. The van der Waals surface area contributed by atoms with Gasteiger partial charge in [0.2, 0.25) is 5.82 Å². The topological polar surface area (TPSA) is 51.8 Å². The van der Waals surface area contributed by atoms with Gasteiger partial charge in [-0.15, -0.1) is 0 Å². The van der Waals surface area contributed by atoms with E-state index < -0.39 is 0 Å². The molecule has 0 aromatic heterocycles. The van der Waals surface area contributed by atoms with E-state index >= 15 is 0 Å². The molecule has 2 aliphatic heterocycles. The molecule has 0 bridgehead atoms. The molecule has 2 rings (SSSR count). The molecule has 0 aromatic carbocycles. The summed E-state index contributed by atoms with van der Waals surface area (Å²) in [5.41, 5.74) is 0.813. The van der Waals surface area contributed by atoms with E-state index in [-0.39, 0.29) is 0 Å². The molecule has 4 nitrogen and oxygen atoms in total. The van der Waals surface area contributed by atoms with E-state index in [1.54, 1.807) is 6.26 Å². The van der Waals surface area contributed by atoms with Gasteiger partial charge in [-0.05, 0) is 6.92 Å². The quantitative estimate of drug-likeness (QED) is 0.538. The Labute approximate surface area is 57.3 Å². The van der Waals surface area contributed by atoms with Crippen LogP contribution in [0.15, 0.2) is 17.0 Å². The van der Waals surface area contributed by atoms with Gasteiger partial charge < -0.3 is 4.42 Å². The second kappa shape index (κ2) is 1.76. The summed E-state index contributed by atoms with van der Waals surface area (Å²) in [5, 5.41) is 0. The van der Waals surface area contributed by atoms with Crippen LogP contribution in [0.5, 0.6) is 0 Å². The van der Waals surface area contributed by atoms with Crippen LogP contribution in [0.3, 0.4) is 0 Å². The summed E-state index contributed by atoms with van der Waals surface area (Å²) < 4.78 is 5.05. The van der Waals surface area contributed by atoms with Crippen LogP contribution in [-0.2, 0) is 0 Å². The van der Waals surface area contributed by atoms with Crippen molar-refractivity contribution in [2.75, 3.05) is 0 Å². The number of nitrogens with zero attached hydrogens (tertiary/aromatic N) is 3. The van der Waals surface area contributed by atoms with Gasteiger partial charge in [-0.25, -0.2) is 9.97 Å². The van der Waals surface area contributed by atoms with Crippen LogP contribution in [0.2, 0.25) is 0 Å². The Hall–Kier alpha value is -1.45. The molecule has 0 unspecified atom stereocenters. The average molecular weight is 135 g/mol. The Bertz CT molecular complexity index is 317. The first-order valence-electron chi connectivity index (χ1n) is 2.89. The van der Waals surface area contributed by atoms with Crippen LogP contribution in [0.25, 0.3) is 11.7 Å². The number of fused-ring (bicyclic) bond motifs is 1. The zero-order valence-corrected chi connectivity index (χ0v) is 5.40. The molecule has 0 saturated heterocycles. The van der Waals surface area contributed by atoms with Gasteiger partial charge in [-0.3, -0.25) is 0 Å². The minimum absolute atomic E-state index is 0.491. The van der Waals surface area contributed by atoms with E-state index in [4.69, 9.17) is 4.42 Å². The zero-order chi connectivity index (χ0) is 6.97. The van der Waals surface area contributed by atoms with E-state index in [2.05, 4.69) is 15.0 Å². The van der Waals surface area contributed by atoms with Crippen LogP contribution >= 0.6 is 0 Å². The lowest BCUT2D eigenvalue weighted by molar-refractivity contribution is 0.536. The molecule has 0 aliphatic carbocycles. The fourth-order valence-corrected chi connectivity index (χ4v) is 0.743. The SMILES string of the molecule is Cc1coc2ncnc-2n1. The fourth-order valence-electron chi connectivity index (χ4n) is 0.743. The van der Waals surface area contributed by atoms with Crippen molar-refractivity contribution in [1.82, 2.24) is 15.0 Å². The van der Waals surface area contributed by atoms with Crippen molar-refractivity contribution in [2.24, 2.45) is 0 Å². The molecule has 0 N–H and O–H groups in total. The van der Waals surface area contributed by atoms with Crippen molar-refractivity contribution in [1.29, 1.82) is 0 Å². The molecular weight excluding hydrogens is 130 g/mol. The first-order valence-corrected chi connectivity index (χ1v) is 2.89.